The van der Waals surface area contributed by atoms with Gasteiger partial charge in [0.1, 0.15) is 11.4 Å². The first-order chi connectivity index (χ1) is 15.1. The number of hydrogen-bond donors (Lipinski definition) is 0. The van der Waals surface area contributed by atoms with Gasteiger partial charge in [-0.1, -0.05) is 0 Å². The van der Waals surface area contributed by atoms with Crippen molar-refractivity contribution < 1.29 is 19.2 Å². The number of aromatic nitrogens is 2. The number of likely N-dealkylation sites (tertiary alicyclic amines) is 1. The van der Waals surface area contributed by atoms with Crippen molar-refractivity contribution in [1.82, 2.24) is 19.2 Å². The molecule has 2 aromatic rings. The fourth-order valence-corrected chi connectivity index (χ4v) is 4.89. The van der Waals surface area contributed by atoms with E-state index in [0.29, 0.717) is 64.1 Å². The Labute approximate surface area is 188 Å². The van der Waals surface area contributed by atoms with Gasteiger partial charge in [-0.25, -0.2) is 9.35 Å². The molecule has 3 heterocycles. The number of nitrogens with zero attached hydrogens (tertiary/aromatic N) is 4. The van der Waals surface area contributed by atoms with E-state index in [1.54, 1.807) is 41.9 Å². The average Bonchev–Trinajstić information content (AvgIpc) is 3.36. The van der Waals surface area contributed by atoms with Gasteiger partial charge in [0, 0.05) is 22.5 Å². The standard InChI is InChI=1S/C24H32N4O4/c1-15-19(13-29)27(17(3)23(15)21(31)11-25(5)6)28-18(4)24(16(2)20(28)14-30)22(32)12-26-9-7-8-10-26/h13-14H,7-12H2,1-6H3. The Balaban J connectivity index is 2.19. The quantitative estimate of drug-likeness (QED) is 0.440. The van der Waals surface area contributed by atoms with Gasteiger partial charge in [-0.15, -0.1) is 0 Å². The topological polar surface area (TPSA) is 84.6 Å². The van der Waals surface area contributed by atoms with E-state index in [1.807, 2.05) is 14.1 Å². The summed E-state index contributed by atoms with van der Waals surface area (Å²) in [4.78, 5) is 54.2. The molecule has 8 heteroatoms. The Bertz CT molecular complexity index is 1080. The maximum Gasteiger partial charge on any atom is 0.178 e. The highest BCUT2D eigenvalue weighted by Gasteiger charge is 2.29. The summed E-state index contributed by atoms with van der Waals surface area (Å²) in [6, 6.07) is 0. The summed E-state index contributed by atoms with van der Waals surface area (Å²) >= 11 is 0. The van der Waals surface area contributed by atoms with Gasteiger partial charge in [-0.3, -0.25) is 24.1 Å². The van der Waals surface area contributed by atoms with Crippen LogP contribution in [0.4, 0.5) is 0 Å². The molecule has 0 N–H and O–H groups in total. The lowest BCUT2D eigenvalue weighted by molar-refractivity contribution is 0.0939. The third-order valence-corrected chi connectivity index (χ3v) is 6.34. The van der Waals surface area contributed by atoms with Gasteiger partial charge in [0.2, 0.25) is 0 Å². The molecule has 3 rings (SSSR count). The van der Waals surface area contributed by atoms with Crippen LogP contribution in [0.25, 0.3) is 0 Å². The summed E-state index contributed by atoms with van der Waals surface area (Å²) in [5, 5.41) is 0. The van der Waals surface area contributed by atoms with Crippen LogP contribution < -0.4 is 0 Å². The highest BCUT2D eigenvalue weighted by atomic mass is 16.1. The molecule has 1 fully saturated rings. The predicted octanol–water partition coefficient (Wildman–Crippen LogP) is 2.48. The molecule has 0 amide bonds. The van der Waals surface area contributed by atoms with Crippen LogP contribution in [0.1, 0.15) is 77.0 Å². The Morgan fingerprint density at radius 1 is 0.812 bits per heavy atom. The SMILES string of the molecule is Cc1c(C(=O)CN(C)C)c(C)n(-n2c(C)c(C(=O)CN3CCCC3)c(C)c2C=O)c1C=O. The van der Waals surface area contributed by atoms with Crippen LogP contribution in [0.15, 0.2) is 0 Å². The van der Waals surface area contributed by atoms with E-state index >= 15 is 0 Å². The molecule has 0 aliphatic carbocycles. The maximum atomic E-state index is 13.2. The first-order valence-corrected chi connectivity index (χ1v) is 10.9. The lowest BCUT2D eigenvalue weighted by Crippen LogP contribution is -2.27. The minimum atomic E-state index is -0.105. The molecular weight excluding hydrogens is 408 g/mol. The molecule has 0 aromatic carbocycles. The molecule has 0 unspecified atom stereocenters. The van der Waals surface area contributed by atoms with E-state index in [4.69, 9.17) is 0 Å². The number of rotatable bonds is 9. The van der Waals surface area contributed by atoms with Crippen molar-refractivity contribution in [2.75, 3.05) is 40.3 Å². The molecule has 172 valence electrons. The fourth-order valence-electron chi connectivity index (χ4n) is 4.89. The lowest BCUT2D eigenvalue weighted by Gasteiger charge is -2.16. The van der Waals surface area contributed by atoms with Crippen LogP contribution in [0, 0.1) is 27.7 Å². The number of ketones is 2. The second-order valence-electron chi connectivity index (χ2n) is 8.87. The first kappa shape index (κ1) is 23.8. The number of carbonyl (C=O) groups is 4. The van der Waals surface area contributed by atoms with E-state index in [9.17, 15) is 19.2 Å². The van der Waals surface area contributed by atoms with Gasteiger partial charge in [0.15, 0.2) is 24.1 Å². The summed E-state index contributed by atoms with van der Waals surface area (Å²) < 4.78 is 3.21. The van der Waals surface area contributed by atoms with E-state index in [1.165, 1.54) is 0 Å². The molecule has 0 radical (unpaired) electrons. The van der Waals surface area contributed by atoms with Gasteiger partial charge in [0.25, 0.3) is 0 Å². The van der Waals surface area contributed by atoms with Gasteiger partial charge >= 0.3 is 0 Å². The normalized spacial score (nSPS) is 14.3. The lowest BCUT2D eigenvalue weighted by atomic mass is 10.1. The zero-order chi connectivity index (χ0) is 23.7. The number of hydrogen-bond acceptors (Lipinski definition) is 6. The average molecular weight is 441 g/mol. The Hall–Kier alpha value is -2.84. The molecule has 0 bridgehead atoms. The van der Waals surface area contributed by atoms with Crippen LogP contribution in [-0.2, 0) is 0 Å². The molecule has 1 aliphatic heterocycles. The van der Waals surface area contributed by atoms with E-state index in [2.05, 4.69) is 4.90 Å². The minimum absolute atomic E-state index is 0.0400. The number of aldehydes is 2. The van der Waals surface area contributed by atoms with Crippen LogP contribution in [0.3, 0.4) is 0 Å². The molecule has 2 aromatic heterocycles. The molecule has 0 saturated carbocycles. The largest absolute Gasteiger partial charge is 0.302 e. The Morgan fingerprint density at radius 2 is 1.25 bits per heavy atom. The van der Waals surface area contributed by atoms with Gasteiger partial charge < -0.3 is 4.90 Å². The van der Waals surface area contributed by atoms with E-state index in [0.717, 1.165) is 25.9 Å². The zero-order valence-electron chi connectivity index (χ0n) is 19.8. The summed E-state index contributed by atoms with van der Waals surface area (Å²) in [6.45, 7) is 9.34. The first-order valence-electron chi connectivity index (χ1n) is 10.9. The molecule has 8 nitrogen and oxygen atoms in total. The smallest absolute Gasteiger partial charge is 0.178 e. The Kier molecular flexibility index (Phi) is 6.95. The van der Waals surface area contributed by atoms with Crippen molar-refractivity contribution in [3.8, 4) is 0 Å². The highest BCUT2D eigenvalue weighted by molar-refractivity contribution is 6.03. The third-order valence-electron chi connectivity index (χ3n) is 6.34. The molecule has 32 heavy (non-hydrogen) atoms. The van der Waals surface area contributed by atoms with Crippen LogP contribution in [0.2, 0.25) is 0 Å². The van der Waals surface area contributed by atoms with Crippen LogP contribution in [-0.4, -0.2) is 83.6 Å². The summed E-state index contributed by atoms with van der Waals surface area (Å²) in [5.41, 5.74) is 3.88. The van der Waals surface area contributed by atoms with E-state index < -0.39 is 0 Å². The van der Waals surface area contributed by atoms with Gasteiger partial charge in [-0.2, -0.15) is 0 Å². The van der Waals surface area contributed by atoms with Gasteiger partial charge in [0.05, 0.1) is 13.1 Å². The van der Waals surface area contributed by atoms with Crippen molar-refractivity contribution in [2.45, 2.75) is 40.5 Å². The second kappa shape index (κ2) is 9.34. The summed E-state index contributed by atoms with van der Waals surface area (Å²) in [5.74, 6) is -0.145. The van der Waals surface area contributed by atoms with Crippen molar-refractivity contribution in [3.63, 3.8) is 0 Å². The highest BCUT2D eigenvalue weighted by Crippen LogP contribution is 2.28. The van der Waals surface area contributed by atoms with Crippen molar-refractivity contribution >= 4 is 24.1 Å². The van der Waals surface area contributed by atoms with E-state index in [-0.39, 0.29) is 18.1 Å². The zero-order valence-corrected chi connectivity index (χ0v) is 19.8. The molecule has 1 saturated heterocycles. The van der Waals surface area contributed by atoms with Crippen molar-refractivity contribution in [3.05, 3.63) is 45.0 Å². The molecular formula is C24H32N4O4. The van der Waals surface area contributed by atoms with Gasteiger partial charge in [-0.05, 0) is 78.8 Å². The molecule has 0 atom stereocenters. The second-order valence-corrected chi connectivity index (χ2v) is 8.87. The van der Waals surface area contributed by atoms with Crippen LogP contribution in [0.5, 0.6) is 0 Å². The van der Waals surface area contributed by atoms with Crippen molar-refractivity contribution in [2.24, 2.45) is 0 Å². The Morgan fingerprint density at radius 3 is 1.66 bits per heavy atom. The monoisotopic (exact) mass is 440 g/mol. The minimum Gasteiger partial charge on any atom is -0.302 e. The summed E-state index contributed by atoms with van der Waals surface area (Å²) in [6.07, 6.45) is 3.57. The predicted molar refractivity (Wildman–Crippen MR) is 122 cm³/mol. The van der Waals surface area contributed by atoms with Crippen LogP contribution >= 0.6 is 0 Å². The van der Waals surface area contributed by atoms with Crippen molar-refractivity contribution in [1.29, 1.82) is 0 Å². The number of Topliss-reactive ketones (excluding diaryl/α,β-unsaturated/α-hetero) is 2. The number of carbonyl (C=O) groups excluding carboxylic acids is 4. The maximum absolute atomic E-state index is 13.2. The number of likely N-dealkylation sites (N-methyl/N-ethyl adjacent to an activating group) is 1. The summed E-state index contributed by atoms with van der Waals surface area (Å²) in [7, 11) is 3.62. The fraction of sp³-hybridized carbons (Fsp3) is 0.500. The molecule has 1 aliphatic rings. The third kappa shape index (κ3) is 4.00. The molecule has 0 spiro atoms.